The van der Waals surface area contributed by atoms with Crippen LogP contribution < -0.4 is 0 Å². The second kappa shape index (κ2) is 5.09. The van der Waals surface area contributed by atoms with Crippen molar-refractivity contribution >= 4 is 15.8 Å². The van der Waals surface area contributed by atoms with Crippen molar-refractivity contribution in [3.63, 3.8) is 0 Å². The van der Waals surface area contributed by atoms with E-state index in [1.54, 1.807) is 0 Å². The number of hydrogen-bond donors (Lipinski definition) is 2. The quantitative estimate of drug-likeness (QED) is 0.765. The maximum absolute atomic E-state index is 11.5. The molecule has 1 rings (SSSR count). The fourth-order valence-electron chi connectivity index (χ4n) is 1.23. The third kappa shape index (κ3) is 3.32. The summed E-state index contributed by atoms with van der Waals surface area (Å²) in [4.78, 5) is 10.5. The van der Waals surface area contributed by atoms with Gasteiger partial charge in [0.15, 0.2) is 9.84 Å². The number of sulfone groups is 1. The maximum atomic E-state index is 11.5. The Balaban J connectivity index is 2.91. The number of aliphatic hydroxyl groups excluding tert-OH is 1. The highest BCUT2D eigenvalue weighted by Gasteiger charge is 2.13. The maximum Gasteiger partial charge on any atom is 0.307 e. The summed E-state index contributed by atoms with van der Waals surface area (Å²) in [6, 6.07) is 5.61. The minimum Gasteiger partial charge on any atom is -0.481 e. The summed E-state index contributed by atoms with van der Waals surface area (Å²) in [5, 5.41) is 17.1. The van der Waals surface area contributed by atoms with E-state index in [-0.39, 0.29) is 17.1 Å². The summed E-state index contributed by atoms with van der Waals surface area (Å²) in [5.74, 6) is -1.29. The van der Waals surface area contributed by atoms with Gasteiger partial charge in [-0.05, 0) is 17.7 Å². The Bertz CT molecular complexity index is 460. The number of carboxylic acids is 1. The average Bonchev–Trinajstić information content (AvgIpc) is 2.17. The number of aliphatic carboxylic acids is 1. The zero-order valence-corrected chi connectivity index (χ0v) is 9.27. The van der Waals surface area contributed by atoms with E-state index in [2.05, 4.69) is 0 Å². The first kappa shape index (κ1) is 12.7. The third-order valence-corrected chi connectivity index (χ3v) is 3.71. The fraction of sp³-hybridized carbons (Fsp3) is 0.300. The number of rotatable bonds is 5. The van der Waals surface area contributed by atoms with Crippen LogP contribution in [-0.2, 0) is 21.1 Å². The lowest BCUT2D eigenvalue weighted by atomic mass is 10.2. The Morgan fingerprint density at radius 3 is 2.19 bits per heavy atom. The highest BCUT2D eigenvalue weighted by atomic mass is 32.2. The molecule has 88 valence electrons. The molecule has 0 bridgehead atoms. The normalized spacial score (nSPS) is 11.3. The van der Waals surface area contributed by atoms with Crippen molar-refractivity contribution in [3.05, 3.63) is 29.8 Å². The molecule has 5 nitrogen and oxygen atoms in total. The van der Waals surface area contributed by atoms with Crippen LogP contribution in [0.4, 0.5) is 0 Å². The number of carboxylic acid groups (broad SMARTS) is 1. The number of carbonyl (C=O) groups is 1. The zero-order valence-electron chi connectivity index (χ0n) is 8.46. The summed E-state index contributed by atoms with van der Waals surface area (Å²) in [6.45, 7) is -0.431. The van der Waals surface area contributed by atoms with Gasteiger partial charge in [-0.3, -0.25) is 4.79 Å². The lowest BCUT2D eigenvalue weighted by Crippen LogP contribution is -2.10. The van der Waals surface area contributed by atoms with E-state index in [0.717, 1.165) is 0 Å². The van der Waals surface area contributed by atoms with Crippen molar-refractivity contribution in [1.82, 2.24) is 0 Å². The second-order valence-electron chi connectivity index (χ2n) is 3.26. The van der Waals surface area contributed by atoms with Gasteiger partial charge >= 0.3 is 5.97 Å². The molecule has 0 atom stereocenters. The monoisotopic (exact) mass is 244 g/mol. The Labute approximate surface area is 93.3 Å². The molecular weight excluding hydrogens is 232 g/mol. The first-order valence-corrected chi connectivity index (χ1v) is 6.25. The fourth-order valence-corrected chi connectivity index (χ4v) is 2.25. The summed E-state index contributed by atoms with van der Waals surface area (Å²) >= 11 is 0. The third-order valence-electron chi connectivity index (χ3n) is 2.00. The molecule has 6 heteroatoms. The van der Waals surface area contributed by atoms with Gasteiger partial charge in [-0.1, -0.05) is 12.1 Å². The zero-order chi connectivity index (χ0) is 12.2. The van der Waals surface area contributed by atoms with Crippen molar-refractivity contribution in [1.29, 1.82) is 0 Å². The Morgan fingerprint density at radius 1 is 1.19 bits per heavy atom. The van der Waals surface area contributed by atoms with Crippen molar-refractivity contribution < 1.29 is 23.4 Å². The van der Waals surface area contributed by atoms with Gasteiger partial charge in [-0.2, -0.15) is 0 Å². The van der Waals surface area contributed by atoms with Gasteiger partial charge in [0.25, 0.3) is 0 Å². The molecular formula is C10H12O5S. The van der Waals surface area contributed by atoms with Gasteiger partial charge < -0.3 is 10.2 Å². The number of benzene rings is 1. The van der Waals surface area contributed by atoms with Crippen LogP contribution >= 0.6 is 0 Å². The first-order valence-electron chi connectivity index (χ1n) is 4.60. The molecule has 0 aliphatic heterocycles. The smallest absolute Gasteiger partial charge is 0.307 e. The SMILES string of the molecule is O=C(O)Cc1ccc(S(=O)(=O)CCO)cc1. The van der Waals surface area contributed by atoms with Crippen molar-refractivity contribution in [3.8, 4) is 0 Å². The van der Waals surface area contributed by atoms with Crippen LogP contribution in [0.25, 0.3) is 0 Å². The van der Waals surface area contributed by atoms with E-state index in [4.69, 9.17) is 10.2 Å². The minimum atomic E-state index is -3.45. The second-order valence-corrected chi connectivity index (χ2v) is 5.37. The average molecular weight is 244 g/mol. The Morgan fingerprint density at radius 2 is 1.75 bits per heavy atom. The molecule has 0 saturated heterocycles. The van der Waals surface area contributed by atoms with Gasteiger partial charge in [0.05, 0.1) is 23.7 Å². The van der Waals surface area contributed by atoms with Gasteiger partial charge in [0.2, 0.25) is 0 Å². The molecule has 0 amide bonds. The largest absolute Gasteiger partial charge is 0.481 e. The van der Waals surface area contributed by atoms with Gasteiger partial charge in [0.1, 0.15) is 0 Å². The molecule has 16 heavy (non-hydrogen) atoms. The summed E-state index contributed by atoms with van der Waals surface area (Å²) in [5.41, 5.74) is 0.537. The number of hydrogen-bond acceptors (Lipinski definition) is 4. The van der Waals surface area contributed by atoms with Crippen LogP contribution in [0, 0.1) is 0 Å². The van der Waals surface area contributed by atoms with Crippen LogP contribution in [0.2, 0.25) is 0 Å². The van der Waals surface area contributed by atoms with Gasteiger partial charge in [-0.15, -0.1) is 0 Å². The van der Waals surface area contributed by atoms with Crippen molar-refractivity contribution in [2.24, 2.45) is 0 Å². The van der Waals surface area contributed by atoms with Gasteiger partial charge in [-0.25, -0.2) is 8.42 Å². The van der Waals surface area contributed by atoms with E-state index < -0.39 is 22.4 Å². The van der Waals surface area contributed by atoms with E-state index in [1.807, 2.05) is 0 Å². The predicted octanol–water partition coefficient (Wildman–Crippen LogP) is 0.0797. The molecule has 0 heterocycles. The van der Waals surface area contributed by atoms with Crippen molar-refractivity contribution in [2.45, 2.75) is 11.3 Å². The molecule has 1 aromatic rings. The van der Waals surface area contributed by atoms with E-state index in [9.17, 15) is 13.2 Å². The molecule has 0 aliphatic carbocycles. The van der Waals surface area contributed by atoms with Crippen LogP contribution in [0.1, 0.15) is 5.56 Å². The highest BCUT2D eigenvalue weighted by molar-refractivity contribution is 7.91. The Hall–Kier alpha value is -1.40. The summed E-state index contributed by atoms with van der Waals surface area (Å²) in [6.07, 6.45) is -0.139. The van der Waals surface area contributed by atoms with Crippen LogP contribution in [-0.4, -0.2) is 37.0 Å². The summed E-state index contributed by atoms with van der Waals surface area (Å²) < 4.78 is 23.0. The molecule has 0 fully saturated rings. The molecule has 0 saturated carbocycles. The molecule has 2 N–H and O–H groups in total. The standard InChI is InChI=1S/C10H12O5S/c11-5-6-16(14,15)9-3-1-8(2-4-9)7-10(12)13/h1-4,11H,5-7H2,(H,12,13). The molecule has 1 aromatic carbocycles. The van der Waals surface area contributed by atoms with E-state index in [0.29, 0.717) is 5.56 Å². The van der Waals surface area contributed by atoms with Crippen LogP contribution in [0.3, 0.4) is 0 Å². The number of aliphatic hydroxyl groups is 1. The Kier molecular flexibility index (Phi) is 4.03. The topological polar surface area (TPSA) is 91.7 Å². The van der Waals surface area contributed by atoms with Crippen LogP contribution in [0.5, 0.6) is 0 Å². The van der Waals surface area contributed by atoms with Crippen molar-refractivity contribution in [2.75, 3.05) is 12.4 Å². The molecule has 0 aliphatic rings. The van der Waals surface area contributed by atoms with Gasteiger partial charge in [0, 0.05) is 0 Å². The van der Waals surface area contributed by atoms with E-state index >= 15 is 0 Å². The highest BCUT2D eigenvalue weighted by Crippen LogP contribution is 2.12. The predicted molar refractivity (Wildman–Crippen MR) is 56.9 cm³/mol. The molecule has 0 unspecified atom stereocenters. The van der Waals surface area contributed by atoms with Crippen LogP contribution in [0.15, 0.2) is 29.2 Å². The lowest BCUT2D eigenvalue weighted by molar-refractivity contribution is -0.136. The molecule has 0 aromatic heterocycles. The molecule has 0 spiro atoms. The first-order chi connectivity index (χ1) is 7.45. The molecule has 0 radical (unpaired) electrons. The minimum absolute atomic E-state index is 0.0932. The summed E-state index contributed by atoms with van der Waals surface area (Å²) in [7, 11) is -3.45. The van der Waals surface area contributed by atoms with E-state index in [1.165, 1.54) is 24.3 Å². The lowest BCUT2D eigenvalue weighted by Gasteiger charge is -2.03.